The predicted octanol–water partition coefficient (Wildman–Crippen LogP) is 3.36. The number of carbonyl (C=O) groups is 1. The quantitative estimate of drug-likeness (QED) is 0.919. The number of nitrogens with one attached hydrogen (secondary N) is 1. The van der Waals surface area contributed by atoms with E-state index in [0.29, 0.717) is 12.6 Å². The normalized spacial score (nSPS) is 17.3. The van der Waals surface area contributed by atoms with E-state index in [2.05, 4.69) is 34.5 Å². The van der Waals surface area contributed by atoms with E-state index in [1.165, 1.54) is 11.1 Å². The molecule has 0 bridgehead atoms. The third-order valence-corrected chi connectivity index (χ3v) is 5.24. The summed E-state index contributed by atoms with van der Waals surface area (Å²) in [6, 6.07) is 16.6. The maximum Gasteiger partial charge on any atom is 0.321 e. The Bertz CT molecular complexity index is 769. The van der Waals surface area contributed by atoms with Crippen molar-refractivity contribution >= 4 is 11.7 Å². The first-order chi connectivity index (χ1) is 12.7. The van der Waals surface area contributed by atoms with Gasteiger partial charge in [0.2, 0.25) is 0 Å². The van der Waals surface area contributed by atoms with Gasteiger partial charge in [-0.1, -0.05) is 24.3 Å². The number of fused-ring (bicyclic) bond motifs is 1. The molecule has 136 valence electrons. The largest absolute Gasteiger partial charge is 0.494 e. The van der Waals surface area contributed by atoms with Gasteiger partial charge in [-0.3, -0.25) is 4.90 Å². The summed E-state index contributed by atoms with van der Waals surface area (Å²) in [5.41, 5.74) is 3.69. The molecule has 2 heterocycles. The summed E-state index contributed by atoms with van der Waals surface area (Å²) in [5, 5.41) is 2.97. The van der Waals surface area contributed by atoms with E-state index in [0.717, 1.165) is 44.0 Å². The molecule has 1 fully saturated rings. The summed E-state index contributed by atoms with van der Waals surface area (Å²) < 4.78 is 5.42. The Hall–Kier alpha value is -2.53. The fraction of sp³-hybridized carbons (Fsp3) is 0.381. The fourth-order valence-corrected chi connectivity index (χ4v) is 3.68. The Labute approximate surface area is 154 Å². The maximum atomic E-state index is 12.4. The minimum absolute atomic E-state index is 0.0252. The van der Waals surface area contributed by atoms with Gasteiger partial charge in [0.1, 0.15) is 5.75 Å². The molecule has 2 amide bonds. The highest BCUT2D eigenvalue weighted by Gasteiger charge is 2.35. The van der Waals surface area contributed by atoms with E-state index in [1.807, 2.05) is 36.1 Å². The Balaban J connectivity index is 1.27. The van der Waals surface area contributed by atoms with E-state index in [-0.39, 0.29) is 6.03 Å². The van der Waals surface area contributed by atoms with E-state index >= 15 is 0 Å². The Kier molecular flexibility index (Phi) is 4.80. The van der Waals surface area contributed by atoms with Crippen molar-refractivity contribution in [3.63, 3.8) is 0 Å². The van der Waals surface area contributed by atoms with Gasteiger partial charge in [0, 0.05) is 37.9 Å². The van der Waals surface area contributed by atoms with E-state index in [4.69, 9.17) is 4.74 Å². The Morgan fingerprint density at radius 3 is 2.58 bits per heavy atom. The fourth-order valence-electron chi connectivity index (χ4n) is 3.68. The molecule has 0 aromatic heterocycles. The summed E-state index contributed by atoms with van der Waals surface area (Å²) >= 11 is 0. The zero-order chi connectivity index (χ0) is 17.9. The van der Waals surface area contributed by atoms with Crippen LogP contribution < -0.4 is 10.1 Å². The van der Waals surface area contributed by atoms with E-state index in [9.17, 15) is 4.79 Å². The van der Waals surface area contributed by atoms with E-state index < -0.39 is 0 Å². The number of rotatable bonds is 4. The van der Waals surface area contributed by atoms with Crippen molar-refractivity contribution in [2.24, 2.45) is 0 Å². The number of amides is 2. The van der Waals surface area contributed by atoms with Gasteiger partial charge in [-0.15, -0.1) is 0 Å². The molecule has 5 heteroatoms. The molecule has 26 heavy (non-hydrogen) atoms. The van der Waals surface area contributed by atoms with Crippen LogP contribution >= 0.6 is 0 Å². The monoisotopic (exact) mass is 351 g/mol. The summed E-state index contributed by atoms with van der Waals surface area (Å²) in [7, 11) is 0. The molecule has 2 aliphatic heterocycles. The SMILES string of the molecule is CCOc1ccc(NC(=O)N2CC(N3CCc4ccccc4C3)C2)cc1. The number of anilines is 1. The van der Waals surface area contributed by atoms with Crippen LogP contribution in [0, 0.1) is 0 Å². The van der Waals surface area contributed by atoms with Crippen molar-refractivity contribution in [2.75, 3.05) is 31.6 Å². The first kappa shape index (κ1) is 16.9. The zero-order valence-corrected chi connectivity index (χ0v) is 15.1. The van der Waals surface area contributed by atoms with Gasteiger partial charge >= 0.3 is 6.03 Å². The summed E-state index contributed by atoms with van der Waals surface area (Å²) in [6.07, 6.45) is 1.10. The van der Waals surface area contributed by atoms with Crippen LogP contribution in [-0.4, -0.2) is 48.1 Å². The summed E-state index contributed by atoms with van der Waals surface area (Å²) in [4.78, 5) is 16.8. The minimum Gasteiger partial charge on any atom is -0.494 e. The molecule has 0 atom stereocenters. The molecular weight excluding hydrogens is 326 g/mol. The van der Waals surface area contributed by atoms with Crippen LogP contribution in [0.2, 0.25) is 0 Å². The Morgan fingerprint density at radius 2 is 1.85 bits per heavy atom. The number of urea groups is 1. The third-order valence-electron chi connectivity index (χ3n) is 5.24. The van der Waals surface area contributed by atoms with Crippen molar-refractivity contribution < 1.29 is 9.53 Å². The van der Waals surface area contributed by atoms with Gasteiger partial charge in [-0.25, -0.2) is 4.79 Å². The molecule has 0 unspecified atom stereocenters. The van der Waals surface area contributed by atoms with Crippen molar-refractivity contribution in [2.45, 2.75) is 25.9 Å². The molecule has 0 saturated carbocycles. The highest BCUT2D eigenvalue weighted by molar-refractivity contribution is 5.90. The summed E-state index contributed by atoms with van der Waals surface area (Å²) in [5.74, 6) is 0.819. The van der Waals surface area contributed by atoms with Crippen molar-refractivity contribution in [1.82, 2.24) is 9.80 Å². The molecular formula is C21H25N3O2. The average molecular weight is 351 g/mol. The zero-order valence-electron chi connectivity index (χ0n) is 15.1. The van der Waals surface area contributed by atoms with E-state index in [1.54, 1.807) is 0 Å². The van der Waals surface area contributed by atoms with Gasteiger partial charge < -0.3 is 15.0 Å². The number of hydrogen-bond acceptors (Lipinski definition) is 3. The standard InChI is InChI=1S/C21H25N3O2/c1-2-26-20-9-7-18(8-10-20)22-21(25)24-14-19(15-24)23-12-11-16-5-3-4-6-17(16)13-23/h3-10,19H,2,11-15H2,1H3,(H,22,25). The molecule has 0 spiro atoms. The second-order valence-corrected chi connectivity index (χ2v) is 6.94. The van der Waals surface area contributed by atoms with Crippen molar-refractivity contribution in [3.05, 3.63) is 59.7 Å². The van der Waals surface area contributed by atoms with Crippen LogP contribution in [0.15, 0.2) is 48.5 Å². The Morgan fingerprint density at radius 1 is 1.12 bits per heavy atom. The van der Waals surface area contributed by atoms with Crippen LogP contribution in [0.25, 0.3) is 0 Å². The van der Waals surface area contributed by atoms with Gasteiger partial charge in [0.05, 0.1) is 6.61 Å². The second-order valence-electron chi connectivity index (χ2n) is 6.94. The smallest absolute Gasteiger partial charge is 0.321 e. The van der Waals surface area contributed by atoms with Crippen LogP contribution in [0.5, 0.6) is 5.75 Å². The number of ether oxygens (including phenoxy) is 1. The lowest BCUT2D eigenvalue weighted by Crippen LogP contribution is -2.62. The molecule has 4 rings (SSSR count). The maximum absolute atomic E-state index is 12.4. The predicted molar refractivity (Wildman–Crippen MR) is 103 cm³/mol. The van der Waals surface area contributed by atoms with Crippen LogP contribution in [0.3, 0.4) is 0 Å². The highest BCUT2D eigenvalue weighted by Crippen LogP contribution is 2.25. The molecule has 2 aromatic rings. The minimum atomic E-state index is -0.0252. The second kappa shape index (κ2) is 7.38. The van der Waals surface area contributed by atoms with Crippen LogP contribution in [0.1, 0.15) is 18.1 Å². The third kappa shape index (κ3) is 3.53. The number of benzene rings is 2. The lowest BCUT2D eigenvalue weighted by atomic mass is 9.97. The molecule has 2 aliphatic rings. The number of hydrogen-bond donors (Lipinski definition) is 1. The highest BCUT2D eigenvalue weighted by atomic mass is 16.5. The molecule has 2 aromatic carbocycles. The molecule has 1 N–H and O–H groups in total. The number of carbonyl (C=O) groups excluding carboxylic acids is 1. The number of nitrogens with zero attached hydrogens (tertiary/aromatic N) is 2. The van der Waals surface area contributed by atoms with Crippen molar-refractivity contribution in [3.8, 4) is 5.75 Å². The topological polar surface area (TPSA) is 44.8 Å². The lowest BCUT2D eigenvalue weighted by molar-refractivity contribution is 0.0528. The van der Waals surface area contributed by atoms with Gasteiger partial charge in [0.25, 0.3) is 0 Å². The van der Waals surface area contributed by atoms with Gasteiger partial charge in [0.15, 0.2) is 0 Å². The number of likely N-dealkylation sites (tertiary alicyclic amines) is 1. The van der Waals surface area contributed by atoms with Gasteiger partial charge in [-0.05, 0) is 48.7 Å². The van der Waals surface area contributed by atoms with Crippen LogP contribution in [0.4, 0.5) is 10.5 Å². The van der Waals surface area contributed by atoms with Crippen molar-refractivity contribution in [1.29, 1.82) is 0 Å². The first-order valence-corrected chi connectivity index (χ1v) is 9.32. The van der Waals surface area contributed by atoms with Gasteiger partial charge in [-0.2, -0.15) is 0 Å². The molecule has 1 saturated heterocycles. The van der Waals surface area contributed by atoms with Crippen LogP contribution in [-0.2, 0) is 13.0 Å². The average Bonchev–Trinajstić information content (AvgIpc) is 2.62. The molecule has 0 radical (unpaired) electrons. The molecule has 0 aliphatic carbocycles. The summed E-state index contributed by atoms with van der Waals surface area (Å²) in [6.45, 7) is 6.26. The first-order valence-electron chi connectivity index (χ1n) is 9.32. The lowest BCUT2D eigenvalue weighted by Gasteiger charge is -2.46. The molecule has 5 nitrogen and oxygen atoms in total.